The van der Waals surface area contributed by atoms with Gasteiger partial charge in [-0.15, -0.1) is 11.8 Å². The molecular weight excluding hydrogens is 240 g/mol. The lowest BCUT2D eigenvalue weighted by atomic mass is 10.1. The fourth-order valence-electron chi connectivity index (χ4n) is 1.27. The molecule has 0 saturated heterocycles. The van der Waals surface area contributed by atoms with Crippen LogP contribution in [0.4, 0.5) is 0 Å². The van der Waals surface area contributed by atoms with Gasteiger partial charge in [-0.2, -0.15) is 0 Å². The van der Waals surface area contributed by atoms with Gasteiger partial charge in [0.2, 0.25) is 5.91 Å². The molecule has 1 atom stereocenters. The minimum Gasteiger partial charge on any atom is -0.480 e. The van der Waals surface area contributed by atoms with Gasteiger partial charge in [0.25, 0.3) is 0 Å². The fourth-order valence-corrected chi connectivity index (χ4v) is 2.16. The smallest absolute Gasteiger partial charge is 0.321 e. The van der Waals surface area contributed by atoms with Crippen LogP contribution in [-0.4, -0.2) is 40.1 Å². The summed E-state index contributed by atoms with van der Waals surface area (Å²) in [6.45, 7) is 4.22. The summed E-state index contributed by atoms with van der Waals surface area (Å²) >= 11 is 1.28. The average molecular weight is 260 g/mol. The third kappa shape index (κ3) is 4.95. The molecule has 0 aromatic heterocycles. The number of hydrogen-bond acceptors (Lipinski definition) is 4. The van der Waals surface area contributed by atoms with Crippen LogP contribution in [-0.2, 0) is 9.59 Å². The second-order valence-corrected chi connectivity index (χ2v) is 6.59. The van der Waals surface area contributed by atoms with E-state index in [0.717, 1.165) is 6.54 Å². The Bertz CT molecular complexity index is 303. The first-order valence-electron chi connectivity index (χ1n) is 5.72. The predicted octanol–water partition coefficient (Wildman–Crippen LogP) is 0.436. The van der Waals surface area contributed by atoms with E-state index < -0.39 is 16.8 Å². The van der Waals surface area contributed by atoms with Crippen LogP contribution in [0, 0.1) is 5.92 Å². The average Bonchev–Trinajstić information content (AvgIpc) is 3.06. The second kappa shape index (κ2) is 5.73. The van der Waals surface area contributed by atoms with Gasteiger partial charge in [0.1, 0.15) is 6.04 Å². The minimum atomic E-state index is -1.04. The molecule has 0 unspecified atom stereocenters. The summed E-state index contributed by atoms with van der Waals surface area (Å²) in [6, 6.07) is -0.969. The highest BCUT2D eigenvalue weighted by Crippen LogP contribution is 2.28. The lowest BCUT2D eigenvalue weighted by Gasteiger charge is -2.27. The first-order valence-corrected chi connectivity index (χ1v) is 6.70. The summed E-state index contributed by atoms with van der Waals surface area (Å²) in [5, 5.41) is 11.7. The van der Waals surface area contributed by atoms with Crippen LogP contribution in [0.5, 0.6) is 0 Å². The van der Waals surface area contributed by atoms with Crippen LogP contribution in [0.3, 0.4) is 0 Å². The summed E-state index contributed by atoms with van der Waals surface area (Å²) in [6.07, 6.45) is 2.39. The van der Waals surface area contributed by atoms with E-state index in [4.69, 9.17) is 10.8 Å². The quantitative estimate of drug-likeness (QED) is 0.617. The summed E-state index contributed by atoms with van der Waals surface area (Å²) in [5.41, 5.74) is 5.56. The number of thioether (sulfide) groups is 1. The Morgan fingerprint density at radius 1 is 1.53 bits per heavy atom. The zero-order chi connectivity index (χ0) is 13.1. The Labute approximate surface area is 106 Å². The van der Waals surface area contributed by atoms with Crippen LogP contribution < -0.4 is 11.1 Å². The highest BCUT2D eigenvalue weighted by molar-refractivity contribution is 8.01. The number of hydrogen-bond donors (Lipinski definition) is 3. The predicted molar refractivity (Wildman–Crippen MR) is 67.9 cm³/mol. The van der Waals surface area contributed by atoms with E-state index in [0.29, 0.717) is 5.92 Å². The number of nitrogens with two attached hydrogens (primary N) is 1. The number of carbonyl (C=O) groups excluding carboxylic acids is 1. The zero-order valence-electron chi connectivity index (χ0n) is 10.2. The molecule has 0 radical (unpaired) electrons. The second-order valence-electron chi connectivity index (χ2n) is 4.96. The summed E-state index contributed by atoms with van der Waals surface area (Å²) < 4.78 is -0.650. The van der Waals surface area contributed by atoms with Gasteiger partial charge in [-0.1, -0.05) is 0 Å². The molecule has 6 heteroatoms. The van der Waals surface area contributed by atoms with E-state index in [2.05, 4.69) is 5.32 Å². The third-order valence-corrected chi connectivity index (χ3v) is 4.28. The maximum atomic E-state index is 11.5. The number of carbonyl (C=O) groups is 2. The molecule has 1 aliphatic carbocycles. The van der Waals surface area contributed by atoms with Crippen molar-refractivity contribution in [2.24, 2.45) is 11.7 Å². The number of aliphatic carboxylic acids is 1. The Hall–Kier alpha value is -0.750. The number of carboxylic acids is 1. The van der Waals surface area contributed by atoms with Crippen LogP contribution in [0.15, 0.2) is 0 Å². The first kappa shape index (κ1) is 14.3. The Kier molecular flexibility index (Phi) is 4.82. The molecule has 0 bridgehead atoms. The zero-order valence-corrected chi connectivity index (χ0v) is 11.0. The molecule has 0 heterocycles. The molecule has 0 spiro atoms. The molecule has 1 amide bonds. The van der Waals surface area contributed by atoms with E-state index in [9.17, 15) is 9.59 Å². The van der Waals surface area contributed by atoms with Gasteiger partial charge >= 0.3 is 5.97 Å². The number of carboxylic acid groups (broad SMARTS) is 1. The highest BCUT2D eigenvalue weighted by atomic mass is 32.2. The van der Waals surface area contributed by atoms with Crippen molar-refractivity contribution in [3.05, 3.63) is 0 Å². The SMILES string of the molecule is CC(C)(SCC(=O)NCC1CC1)[C@H](N)C(=O)O. The third-order valence-electron chi connectivity index (χ3n) is 2.88. The number of amides is 1. The van der Waals surface area contributed by atoms with Gasteiger partial charge in [0.05, 0.1) is 5.75 Å². The van der Waals surface area contributed by atoms with Gasteiger partial charge in [0.15, 0.2) is 0 Å². The van der Waals surface area contributed by atoms with Crippen molar-refractivity contribution >= 4 is 23.6 Å². The normalized spacial score (nSPS) is 17.6. The molecule has 1 rings (SSSR count). The molecule has 1 fully saturated rings. The van der Waals surface area contributed by atoms with Gasteiger partial charge in [-0.3, -0.25) is 9.59 Å². The van der Waals surface area contributed by atoms with E-state index in [1.807, 2.05) is 0 Å². The van der Waals surface area contributed by atoms with Crippen molar-refractivity contribution in [3.8, 4) is 0 Å². The van der Waals surface area contributed by atoms with Crippen LogP contribution in [0.1, 0.15) is 26.7 Å². The van der Waals surface area contributed by atoms with Crippen LogP contribution in [0.25, 0.3) is 0 Å². The van der Waals surface area contributed by atoms with Crippen molar-refractivity contribution in [3.63, 3.8) is 0 Å². The molecule has 5 nitrogen and oxygen atoms in total. The standard InChI is InChI=1S/C11H20N2O3S/c1-11(2,9(12)10(15)16)17-6-8(14)13-5-7-3-4-7/h7,9H,3-6,12H2,1-2H3,(H,13,14)(H,15,16)/t9-/m1/s1. The lowest BCUT2D eigenvalue weighted by Crippen LogP contribution is -2.47. The van der Waals surface area contributed by atoms with Crippen LogP contribution in [0.2, 0.25) is 0 Å². The van der Waals surface area contributed by atoms with Gasteiger partial charge in [0, 0.05) is 11.3 Å². The molecule has 0 aromatic carbocycles. The highest BCUT2D eigenvalue weighted by Gasteiger charge is 2.33. The van der Waals surface area contributed by atoms with E-state index in [1.54, 1.807) is 13.8 Å². The summed E-state index contributed by atoms with van der Waals surface area (Å²) in [5.74, 6) is -0.188. The van der Waals surface area contributed by atoms with E-state index in [1.165, 1.54) is 24.6 Å². The van der Waals surface area contributed by atoms with Crippen molar-refractivity contribution in [1.29, 1.82) is 0 Å². The van der Waals surface area contributed by atoms with Gasteiger partial charge in [-0.25, -0.2) is 0 Å². The molecule has 1 saturated carbocycles. The molecule has 0 aliphatic heterocycles. The van der Waals surface area contributed by atoms with E-state index in [-0.39, 0.29) is 11.7 Å². The number of nitrogens with one attached hydrogen (secondary N) is 1. The maximum absolute atomic E-state index is 11.5. The van der Waals surface area contributed by atoms with E-state index >= 15 is 0 Å². The fraction of sp³-hybridized carbons (Fsp3) is 0.818. The Morgan fingerprint density at radius 2 is 2.12 bits per heavy atom. The van der Waals surface area contributed by atoms with Gasteiger partial charge in [-0.05, 0) is 32.6 Å². The Morgan fingerprint density at radius 3 is 2.59 bits per heavy atom. The molecule has 17 heavy (non-hydrogen) atoms. The molecular formula is C11H20N2O3S. The van der Waals surface area contributed by atoms with Crippen molar-refractivity contribution in [2.45, 2.75) is 37.5 Å². The monoisotopic (exact) mass is 260 g/mol. The minimum absolute atomic E-state index is 0.0486. The first-order chi connectivity index (χ1) is 7.83. The molecule has 0 aromatic rings. The topological polar surface area (TPSA) is 92.4 Å². The lowest BCUT2D eigenvalue weighted by molar-refractivity contribution is -0.139. The van der Waals surface area contributed by atoms with Gasteiger partial charge < -0.3 is 16.2 Å². The molecule has 98 valence electrons. The maximum Gasteiger partial charge on any atom is 0.321 e. The summed E-state index contributed by atoms with van der Waals surface area (Å²) in [4.78, 5) is 22.3. The van der Waals surface area contributed by atoms with Crippen molar-refractivity contribution in [1.82, 2.24) is 5.32 Å². The molecule has 4 N–H and O–H groups in total. The van der Waals surface area contributed by atoms with Crippen molar-refractivity contribution < 1.29 is 14.7 Å². The summed E-state index contributed by atoms with van der Waals surface area (Å²) in [7, 11) is 0. The number of rotatable bonds is 7. The largest absolute Gasteiger partial charge is 0.480 e. The molecule has 1 aliphatic rings. The Balaban J connectivity index is 2.26. The van der Waals surface area contributed by atoms with Crippen LogP contribution >= 0.6 is 11.8 Å². The van der Waals surface area contributed by atoms with Crippen molar-refractivity contribution in [2.75, 3.05) is 12.3 Å².